The lowest BCUT2D eigenvalue weighted by molar-refractivity contribution is -0.384. The summed E-state index contributed by atoms with van der Waals surface area (Å²) in [4.78, 5) is 38.3. The second kappa shape index (κ2) is 7.66. The van der Waals surface area contributed by atoms with Crippen LogP contribution in [0.25, 0.3) is 5.69 Å². The van der Waals surface area contributed by atoms with Crippen LogP contribution in [-0.2, 0) is 6.42 Å². The molecular formula is C22H28N4O4. The Morgan fingerprint density at radius 2 is 2.00 bits per heavy atom. The van der Waals surface area contributed by atoms with Crippen molar-refractivity contribution in [2.24, 2.45) is 11.3 Å². The number of aryl methyl sites for hydroxylation is 1. The van der Waals surface area contributed by atoms with E-state index in [0.29, 0.717) is 36.3 Å². The monoisotopic (exact) mass is 412 g/mol. The molecule has 3 rings (SSSR count). The second-order valence-corrected chi connectivity index (χ2v) is 9.30. The molecule has 0 atom stereocenters. The van der Waals surface area contributed by atoms with Crippen LogP contribution in [0.3, 0.4) is 0 Å². The molecule has 30 heavy (non-hydrogen) atoms. The van der Waals surface area contributed by atoms with Crippen LogP contribution in [0, 0.1) is 28.4 Å². The summed E-state index contributed by atoms with van der Waals surface area (Å²) in [5.41, 5.74) is 1.86. The average Bonchev–Trinajstić information content (AvgIpc) is 2.95. The lowest BCUT2D eigenvalue weighted by Crippen LogP contribution is -2.30. The molecule has 8 heteroatoms. The maximum Gasteiger partial charge on any atom is 0.295 e. The van der Waals surface area contributed by atoms with Gasteiger partial charge in [-0.1, -0.05) is 27.7 Å². The van der Waals surface area contributed by atoms with E-state index < -0.39 is 4.92 Å². The zero-order valence-corrected chi connectivity index (χ0v) is 18.4. The largest absolute Gasteiger partial charge is 0.341 e. The molecule has 0 unspecified atom stereocenters. The van der Waals surface area contributed by atoms with Gasteiger partial charge in [-0.25, -0.2) is 4.68 Å². The van der Waals surface area contributed by atoms with Crippen LogP contribution >= 0.6 is 0 Å². The number of amides is 1. The molecule has 0 fully saturated rings. The standard InChI is InChI=1S/C22H28N4O4/c1-13(2)12-24(6)21(28)15-7-8-16(17(9-15)26(29)30)25-18-10-22(4,5)11-19(27)20(18)14(3)23-25/h7-9,13H,10-12H2,1-6H3. The van der Waals surface area contributed by atoms with E-state index in [-0.39, 0.29) is 40.0 Å². The van der Waals surface area contributed by atoms with Crippen LogP contribution in [0.4, 0.5) is 5.69 Å². The summed E-state index contributed by atoms with van der Waals surface area (Å²) in [5, 5.41) is 16.3. The highest BCUT2D eigenvalue weighted by molar-refractivity contribution is 6.00. The molecule has 0 bridgehead atoms. The number of Topliss-reactive ketones (excluding diaryl/α,β-unsaturated/α-hetero) is 1. The zero-order chi connectivity index (χ0) is 22.4. The third-order valence-corrected chi connectivity index (χ3v) is 5.35. The molecule has 0 spiro atoms. The Labute approximate surface area is 176 Å². The number of nitrogens with zero attached hydrogens (tertiary/aromatic N) is 4. The van der Waals surface area contributed by atoms with Gasteiger partial charge < -0.3 is 4.90 Å². The van der Waals surface area contributed by atoms with Crippen molar-refractivity contribution in [2.45, 2.75) is 47.5 Å². The fraction of sp³-hybridized carbons (Fsp3) is 0.500. The molecule has 1 aliphatic rings. The van der Waals surface area contributed by atoms with Crippen molar-refractivity contribution in [3.05, 3.63) is 50.8 Å². The fourth-order valence-corrected chi connectivity index (χ4v) is 4.17. The Morgan fingerprint density at radius 3 is 2.60 bits per heavy atom. The lowest BCUT2D eigenvalue weighted by Gasteiger charge is -2.29. The Morgan fingerprint density at radius 1 is 1.33 bits per heavy atom. The van der Waals surface area contributed by atoms with E-state index in [1.165, 1.54) is 10.7 Å². The number of nitro groups is 1. The van der Waals surface area contributed by atoms with Crippen molar-refractivity contribution >= 4 is 17.4 Å². The number of carbonyl (C=O) groups is 2. The SMILES string of the molecule is Cc1nn(-c2ccc(C(=O)N(C)CC(C)C)cc2[N+](=O)[O-])c2c1C(=O)CC(C)(C)C2. The summed E-state index contributed by atoms with van der Waals surface area (Å²) < 4.78 is 1.51. The topological polar surface area (TPSA) is 98.3 Å². The third kappa shape index (κ3) is 3.99. The number of hydrogen-bond acceptors (Lipinski definition) is 5. The van der Waals surface area contributed by atoms with Crippen LogP contribution in [0.15, 0.2) is 18.2 Å². The minimum atomic E-state index is -0.506. The van der Waals surface area contributed by atoms with E-state index in [4.69, 9.17) is 0 Å². The van der Waals surface area contributed by atoms with Crippen molar-refractivity contribution in [1.82, 2.24) is 14.7 Å². The van der Waals surface area contributed by atoms with Crippen molar-refractivity contribution in [2.75, 3.05) is 13.6 Å². The minimum Gasteiger partial charge on any atom is -0.341 e. The molecule has 0 aliphatic heterocycles. The van der Waals surface area contributed by atoms with E-state index in [0.717, 1.165) is 0 Å². The average molecular weight is 412 g/mol. The normalized spacial score (nSPS) is 15.2. The van der Waals surface area contributed by atoms with Gasteiger partial charge in [-0.2, -0.15) is 5.10 Å². The lowest BCUT2D eigenvalue weighted by atomic mass is 9.75. The molecule has 0 N–H and O–H groups in total. The summed E-state index contributed by atoms with van der Waals surface area (Å²) in [7, 11) is 1.68. The number of hydrogen-bond donors (Lipinski definition) is 0. The van der Waals surface area contributed by atoms with Crippen LogP contribution in [0.1, 0.15) is 66.2 Å². The summed E-state index contributed by atoms with van der Waals surface area (Å²) >= 11 is 0. The minimum absolute atomic E-state index is 0.00904. The highest BCUT2D eigenvalue weighted by Crippen LogP contribution is 2.38. The molecule has 1 aromatic carbocycles. The van der Waals surface area contributed by atoms with Gasteiger partial charge in [-0.3, -0.25) is 19.7 Å². The zero-order valence-electron chi connectivity index (χ0n) is 18.4. The van der Waals surface area contributed by atoms with Gasteiger partial charge in [0.15, 0.2) is 5.78 Å². The summed E-state index contributed by atoms with van der Waals surface area (Å²) in [6.45, 7) is 10.3. The van der Waals surface area contributed by atoms with Gasteiger partial charge in [0.25, 0.3) is 11.6 Å². The molecule has 0 saturated heterocycles. The first-order valence-corrected chi connectivity index (χ1v) is 10.1. The quantitative estimate of drug-likeness (QED) is 0.547. The first kappa shape index (κ1) is 21.7. The third-order valence-electron chi connectivity index (χ3n) is 5.35. The molecule has 8 nitrogen and oxygen atoms in total. The van der Waals surface area contributed by atoms with Crippen molar-refractivity contribution in [1.29, 1.82) is 0 Å². The molecule has 160 valence electrons. The maximum absolute atomic E-state index is 12.7. The van der Waals surface area contributed by atoms with Crippen LogP contribution in [0.5, 0.6) is 0 Å². The Bertz CT molecular complexity index is 1040. The van der Waals surface area contributed by atoms with Gasteiger partial charge in [0.05, 0.1) is 21.9 Å². The number of ketones is 1. The van der Waals surface area contributed by atoms with Crippen LogP contribution in [-0.4, -0.2) is 44.9 Å². The van der Waals surface area contributed by atoms with Crippen molar-refractivity contribution < 1.29 is 14.5 Å². The number of benzene rings is 1. The Hall–Kier alpha value is -3.03. The molecule has 1 aromatic heterocycles. The predicted molar refractivity (Wildman–Crippen MR) is 113 cm³/mol. The van der Waals surface area contributed by atoms with Gasteiger partial charge in [0.2, 0.25) is 0 Å². The van der Waals surface area contributed by atoms with E-state index in [2.05, 4.69) is 5.10 Å². The molecule has 2 aromatic rings. The molecule has 0 radical (unpaired) electrons. The molecule has 1 amide bonds. The van der Waals surface area contributed by atoms with Gasteiger partial charge in [-0.15, -0.1) is 0 Å². The molecule has 1 aliphatic carbocycles. The van der Waals surface area contributed by atoms with Crippen LogP contribution in [0.2, 0.25) is 0 Å². The van der Waals surface area contributed by atoms with E-state index in [1.54, 1.807) is 31.0 Å². The second-order valence-electron chi connectivity index (χ2n) is 9.30. The first-order valence-electron chi connectivity index (χ1n) is 10.1. The number of nitro benzene ring substituents is 1. The van der Waals surface area contributed by atoms with Crippen molar-refractivity contribution in [3.63, 3.8) is 0 Å². The number of carbonyl (C=O) groups excluding carboxylic acids is 2. The maximum atomic E-state index is 12.7. The number of rotatable bonds is 5. The number of fused-ring (bicyclic) bond motifs is 1. The Balaban J connectivity index is 2.11. The molecule has 1 heterocycles. The number of aromatic nitrogens is 2. The summed E-state index contributed by atoms with van der Waals surface area (Å²) in [5.74, 6) is 0.0239. The van der Waals surface area contributed by atoms with E-state index in [9.17, 15) is 19.7 Å². The van der Waals surface area contributed by atoms with Crippen LogP contribution < -0.4 is 0 Å². The summed E-state index contributed by atoms with van der Waals surface area (Å²) in [6.07, 6.45) is 1.01. The van der Waals surface area contributed by atoms with Gasteiger partial charge >= 0.3 is 0 Å². The molecular weight excluding hydrogens is 384 g/mol. The van der Waals surface area contributed by atoms with E-state index in [1.807, 2.05) is 27.7 Å². The van der Waals surface area contributed by atoms with Gasteiger partial charge in [-0.05, 0) is 36.8 Å². The highest BCUT2D eigenvalue weighted by atomic mass is 16.6. The smallest absolute Gasteiger partial charge is 0.295 e. The highest BCUT2D eigenvalue weighted by Gasteiger charge is 2.37. The fourth-order valence-electron chi connectivity index (χ4n) is 4.17. The van der Waals surface area contributed by atoms with Gasteiger partial charge in [0, 0.05) is 31.6 Å². The van der Waals surface area contributed by atoms with E-state index >= 15 is 0 Å². The van der Waals surface area contributed by atoms with Gasteiger partial charge in [0.1, 0.15) is 5.69 Å². The first-order chi connectivity index (χ1) is 13.9. The molecule has 0 saturated carbocycles. The Kier molecular flexibility index (Phi) is 5.54. The predicted octanol–water partition coefficient (Wildman–Crippen LogP) is 3.97. The summed E-state index contributed by atoms with van der Waals surface area (Å²) in [6, 6.07) is 4.43. The van der Waals surface area contributed by atoms with Crippen molar-refractivity contribution in [3.8, 4) is 5.69 Å².